The predicted octanol–water partition coefficient (Wildman–Crippen LogP) is 2.06. The van der Waals surface area contributed by atoms with E-state index in [1.807, 2.05) is 48.0 Å². The van der Waals surface area contributed by atoms with Crippen LogP contribution >= 0.6 is 12.4 Å². The first-order chi connectivity index (χ1) is 6.81. The molecular weight excluding hydrogens is 210 g/mol. The number of aromatic nitrogens is 2. The van der Waals surface area contributed by atoms with Crippen molar-refractivity contribution in [2.75, 3.05) is 0 Å². The van der Waals surface area contributed by atoms with Crippen LogP contribution < -0.4 is 5.73 Å². The maximum absolute atomic E-state index is 5.53. The van der Waals surface area contributed by atoms with E-state index < -0.39 is 0 Å². The summed E-state index contributed by atoms with van der Waals surface area (Å²) in [6.07, 6.45) is 0. The molecule has 0 aliphatic heterocycles. The van der Waals surface area contributed by atoms with Crippen molar-refractivity contribution >= 4 is 12.4 Å². The highest BCUT2D eigenvalue weighted by Gasteiger charge is 2.03. The average Bonchev–Trinajstić information content (AvgIpc) is 2.61. The van der Waals surface area contributed by atoms with Crippen LogP contribution in [0, 0.1) is 6.92 Å². The molecule has 0 amide bonds. The lowest BCUT2D eigenvalue weighted by Crippen LogP contribution is -2.01. The molecule has 0 bridgehead atoms. The van der Waals surface area contributed by atoms with Gasteiger partial charge in [-0.15, -0.1) is 12.4 Å². The van der Waals surface area contributed by atoms with E-state index in [0.29, 0.717) is 6.54 Å². The number of aryl methyl sites for hydroxylation is 1. The lowest BCUT2D eigenvalue weighted by Gasteiger charge is -2.02. The van der Waals surface area contributed by atoms with Crippen molar-refractivity contribution in [1.82, 2.24) is 9.78 Å². The molecule has 1 aromatic carbocycles. The molecule has 80 valence electrons. The number of hydrogen-bond acceptors (Lipinski definition) is 2. The molecule has 0 aliphatic carbocycles. The van der Waals surface area contributed by atoms with Crippen LogP contribution in [-0.2, 0) is 6.54 Å². The third-order valence-corrected chi connectivity index (χ3v) is 2.15. The zero-order valence-corrected chi connectivity index (χ0v) is 9.37. The van der Waals surface area contributed by atoms with E-state index in [2.05, 4.69) is 5.10 Å². The van der Waals surface area contributed by atoms with Gasteiger partial charge in [0.2, 0.25) is 0 Å². The first-order valence-electron chi connectivity index (χ1n) is 4.62. The molecule has 15 heavy (non-hydrogen) atoms. The van der Waals surface area contributed by atoms with Crippen molar-refractivity contribution in [3.05, 3.63) is 47.8 Å². The number of hydrogen-bond donors (Lipinski definition) is 1. The van der Waals surface area contributed by atoms with Crippen molar-refractivity contribution in [1.29, 1.82) is 0 Å². The lowest BCUT2D eigenvalue weighted by molar-refractivity contribution is 0.812. The Bertz CT molecular complexity index is 423. The van der Waals surface area contributed by atoms with Gasteiger partial charge < -0.3 is 5.73 Å². The largest absolute Gasteiger partial charge is 0.325 e. The van der Waals surface area contributed by atoms with Gasteiger partial charge in [-0.3, -0.25) is 0 Å². The van der Waals surface area contributed by atoms with E-state index in [9.17, 15) is 0 Å². The minimum Gasteiger partial charge on any atom is -0.325 e. The highest BCUT2D eigenvalue weighted by atomic mass is 35.5. The van der Waals surface area contributed by atoms with Crippen LogP contribution in [0.4, 0.5) is 0 Å². The summed E-state index contributed by atoms with van der Waals surface area (Å²) in [6, 6.07) is 12.1. The minimum atomic E-state index is 0. The molecule has 0 unspecified atom stereocenters. The van der Waals surface area contributed by atoms with E-state index >= 15 is 0 Å². The standard InChI is InChI=1S/C11H13N3.ClH/c1-9-7-10(8-12)13-14(9)11-5-3-2-4-6-11;/h2-7H,8,12H2,1H3;1H. The molecule has 0 atom stereocenters. The normalized spacial score (nSPS) is 9.73. The van der Waals surface area contributed by atoms with E-state index in [1.54, 1.807) is 0 Å². The number of nitrogens with zero attached hydrogens (tertiary/aromatic N) is 2. The van der Waals surface area contributed by atoms with Gasteiger partial charge in [0.15, 0.2) is 0 Å². The number of para-hydroxylation sites is 1. The summed E-state index contributed by atoms with van der Waals surface area (Å²) >= 11 is 0. The summed E-state index contributed by atoms with van der Waals surface area (Å²) in [5, 5.41) is 4.39. The Labute approximate surface area is 95.3 Å². The Hall–Kier alpha value is -1.32. The van der Waals surface area contributed by atoms with Gasteiger partial charge in [-0.25, -0.2) is 4.68 Å². The van der Waals surface area contributed by atoms with Gasteiger partial charge >= 0.3 is 0 Å². The molecule has 3 nitrogen and oxygen atoms in total. The second kappa shape index (κ2) is 4.96. The van der Waals surface area contributed by atoms with Gasteiger partial charge in [0.05, 0.1) is 11.4 Å². The van der Waals surface area contributed by atoms with Gasteiger partial charge in [-0.2, -0.15) is 5.10 Å². The van der Waals surface area contributed by atoms with Crippen molar-refractivity contribution in [2.24, 2.45) is 5.73 Å². The summed E-state index contributed by atoms with van der Waals surface area (Å²) in [7, 11) is 0. The van der Waals surface area contributed by atoms with Crippen LogP contribution in [0.15, 0.2) is 36.4 Å². The molecule has 2 N–H and O–H groups in total. The molecule has 0 saturated carbocycles. The summed E-state index contributed by atoms with van der Waals surface area (Å²) in [6.45, 7) is 2.51. The molecule has 0 fully saturated rings. The topological polar surface area (TPSA) is 43.8 Å². The predicted molar refractivity (Wildman–Crippen MR) is 63.4 cm³/mol. The Kier molecular flexibility index (Phi) is 3.88. The fourth-order valence-corrected chi connectivity index (χ4v) is 1.47. The zero-order chi connectivity index (χ0) is 9.97. The van der Waals surface area contributed by atoms with Crippen LogP contribution in [0.3, 0.4) is 0 Å². The molecule has 2 rings (SSSR count). The van der Waals surface area contributed by atoms with Crippen molar-refractivity contribution in [2.45, 2.75) is 13.5 Å². The van der Waals surface area contributed by atoms with Crippen LogP contribution in [0.25, 0.3) is 5.69 Å². The molecule has 1 aromatic heterocycles. The van der Waals surface area contributed by atoms with Crippen LogP contribution in [0.1, 0.15) is 11.4 Å². The Morgan fingerprint density at radius 3 is 2.47 bits per heavy atom. The maximum atomic E-state index is 5.53. The van der Waals surface area contributed by atoms with E-state index in [-0.39, 0.29) is 12.4 Å². The second-order valence-electron chi connectivity index (χ2n) is 3.23. The molecule has 4 heteroatoms. The van der Waals surface area contributed by atoms with E-state index in [1.165, 1.54) is 0 Å². The minimum absolute atomic E-state index is 0. The fraction of sp³-hybridized carbons (Fsp3) is 0.182. The third-order valence-electron chi connectivity index (χ3n) is 2.15. The Balaban J connectivity index is 0.00000112. The molecule has 0 spiro atoms. The Morgan fingerprint density at radius 1 is 1.27 bits per heavy atom. The summed E-state index contributed by atoms with van der Waals surface area (Å²) in [5.74, 6) is 0. The van der Waals surface area contributed by atoms with Gasteiger partial charge in [-0.05, 0) is 25.1 Å². The quantitative estimate of drug-likeness (QED) is 0.847. The summed E-state index contributed by atoms with van der Waals surface area (Å²) in [4.78, 5) is 0. The SMILES string of the molecule is Cc1cc(CN)nn1-c1ccccc1.Cl. The van der Waals surface area contributed by atoms with Crippen molar-refractivity contribution < 1.29 is 0 Å². The molecule has 0 radical (unpaired) electrons. The van der Waals surface area contributed by atoms with Crippen LogP contribution in [-0.4, -0.2) is 9.78 Å². The lowest BCUT2D eigenvalue weighted by atomic mass is 10.3. The number of benzene rings is 1. The average molecular weight is 224 g/mol. The van der Waals surface area contributed by atoms with Gasteiger partial charge in [0.25, 0.3) is 0 Å². The first kappa shape index (κ1) is 11.8. The zero-order valence-electron chi connectivity index (χ0n) is 8.55. The van der Waals surface area contributed by atoms with E-state index in [4.69, 9.17) is 5.73 Å². The molecule has 2 aromatic rings. The summed E-state index contributed by atoms with van der Waals surface area (Å²) < 4.78 is 1.90. The smallest absolute Gasteiger partial charge is 0.0767 e. The van der Waals surface area contributed by atoms with Gasteiger partial charge in [0, 0.05) is 12.2 Å². The van der Waals surface area contributed by atoms with Crippen molar-refractivity contribution in [3.63, 3.8) is 0 Å². The molecule has 0 aliphatic rings. The monoisotopic (exact) mass is 223 g/mol. The van der Waals surface area contributed by atoms with Crippen LogP contribution in [0.2, 0.25) is 0 Å². The van der Waals surface area contributed by atoms with Gasteiger partial charge in [0.1, 0.15) is 0 Å². The molecular formula is C11H14ClN3. The van der Waals surface area contributed by atoms with Crippen molar-refractivity contribution in [3.8, 4) is 5.69 Å². The second-order valence-corrected chi connectivity index (χ2v) is 3.23. The molecule has 0 saturated heterocycles. The fourth-order valence-electron chi connectivity index (χ4n) is 1.47. The number of halogens is 1. The van der Waals surface area contributed by atoms with E-state index in [0.717, 1.165) is 17.1 Å². The van der Waals surface area contributed by atoms with Gasteiger partial charge in [-0.1, -0.05) is 18.2 Å². The first-order valence-corrected chi connectivity index (χ1v) is 4.62. The van der Waals surface area contributed by atoms with Crippen LogP contribution in [0.5, 0.6) is 0 Å². The number of rotatable bonds is 2. The molecule has 1 heterocycles. The number of nitrogens with two attached hydrogens (primary N) is 1. The third kappa shape index (κ3) is 2.37. The highest BCUT2D eigenvalue weighted by molar-refractivity contribution is 5.85. The maximum Gasteiger partial charge on any atom is 0.0767 e. The Morgan fingerprint density at radius 2 is 1.93 bits per heavy atom. The highest BCUT2D eigenvalue weighted by Crippen LogP contribution is 2.10. The summed E-state index contributed by atoms with van der Waals surface area (Å²) in [5.41, 5.74) is 8.64.